The highest BCUT2D eigenvalue weighted by Gasteiger charge is 2.06. The molecule has 2 aromatic rings. The van der Waals surface area contributed by atoms with E-state index in [0.717, 1.165) is 0 Å². The minimum atomic E-state index is -0.493. The Hall–Kier alpha value is -2.73. The van der Waals surface area contributed by atoms with Gasteiger partial charge >= 0.3 is 0 Å². The van der Waals surface area contributed by atoms with Crippen molar-refractivity contribution in [3.8, 4) is 11.5 Å². The van der Waals surface area contributed by atoms with Gasteiger partial charge in [0.1, 0.15) is 11.5 Å². The van der Waals surface area contributed by atoms with Crippen LogP contribution < -0.4 is 20.3 Å². The van der Waals surface area contributed by atoms with Crippen molar-refractivity contribution in [1.29, 1.82) is 0 Å². The maximum atomic E-state index is 11.5. The third-order valence-electron chi connectivity index (χ3n) is 2.64. The Morgan fingerprint density at radius 2 is 1.26 bits per heavy atom. The molecule has 2 rings (SSSR count). The lowest BCUT2D eigenvalue weighted by Crippen LogP contribution is -2.45. The summed E-state index contributed by atoms with van der Waals surface area (Å²) in [7, 11) is 0. The molecule has 0 aliphatic heterocycles. The summed E-state index contributed by atoms with van der Waals surface area (Å²) in [6.45, 7) is -0.441. The van der Waals surface area contributed by atoms with Crippen molar-refractivity contribution in [3.63, 3.8) is 0 Å². The summed E-state index contributed by atoms with van der Waals surface area (Å²) in [5.74, 6) is 0.102. The second-order valence-corrected chi connectivity index (χ2v) is 4.88. The van der Waals surface area contributed by atoms with Crippen LogP contribution in [0.15, 0.2) is 54.6 Å². The van der Waals surface area contributed by atoms with Gasteiger partial charge in [0.25, 0.3) is 11.8 Å². The molecule has 0 aliphatic carbocycles. The van der Waals surface area contributed by atoms with E-state index < -0.39 is 11.8 Å². The molecular weight excluding hydrogens is 320 g/mol. The lowest BCUT2D eigenvalue weighted by molar-refractivity contribution is -0.131. The molecule has 0 atom stereocenters. The number of hydrogen-bond donors (Lipinski definition) is 2. The van der Waals surface area contributed by atoms with Crippen LogP contribution in [0.2, 0.25) is 5.02 Å². The lowest BCUT2D eigenvalue weighted by Gasteiger charge is -2.09. The van der Waals surface area contributed by atoms with E-state index in [1.807, 2.05) is 6.07 Å². The first-order chi connectivity index (χ1) is 11.1. The van der Waals surface area contributed by atoms with Gasteiger partial charge < -0.3 is 9.47 Å². The minimum Gasteiger partial charge on any atom is -0.484 e. The number of hydrazine groups is 1. The van der Waals surface area contributed by atoms with Crippen LogP contribution in [0.4, 0.5) is 0 Å². The van der Waals surface area contributed by atoms with Crippen LogP contribution in [0.1, 0.15) is 0 Å². The number of nitrogens with one attached hydrogen (secondary N) is 2. The standard InChI is InChI=1S/C16H15ClN2O4/c17-12-6-8-14(9-7-12)23-11-16(21)19-18-15(20)10-22-13-4-2-1-3-5-13/h1-9H,10-11H2,(H,18,20)(H,19,21). The normalized spacial score (nSPS) is 9.78. The Morgan fingerprint density at radius 1 is 0.783 bits per heavy atom. The summed E-state index contributed by atoms with van der Waals surface area (Å²) < 4.78 is 10.5. The second-order valence-electron chi connectivity index (χ2n) is 4.44. The van der Waals surface area contributed by atoms with E-state index in [9.17, 15) is 9.59 Å². The van der Waals surface area contributed by atoms with Crippen molar-refractivity contribution in [2.45, 2.75) is 0 Å². The third kappa shape index (κ3) is 6.27. The molecule has 0 aliphatic rings. The Morgan fingerprint density at radius 3 is 1.78 bits per heavy atom. The number of carbonyl (C=O) groups is 2. The topological polar surface area (TPSA) is 76.7 Å². The van der Waals surface area contributed by atoms with Gasteiger partial charge in [-0.25, -0.2) is 0 Å². The molecule has 6 nitrogen and oxygen atoms in total. The first-order valence-electron chi connectivity index (χ1n) is 6.77. The first kappa shape index (κ1) is 16.6. The molecular formula is C16H15ClN2O4. The summed E-state index contributed by atoms with van der Waals surface area (Å²) in [6, 6.07) is 15.5. The Bertz CT molecular complexity index is 647. The summed E-state index contributed by atoms with van der Waals surface area (Å²) in [6.07, 6.45) is 0. The van der Waals surface area contributed by atoms with E-state index in [0.29, 0.717) is 16.5 Å². The highest BCUT2D eigenvalue weighted by molar-refractivity contribution is 6.30. The number of halogens is 1. The SMILES string of the molecule is O=C(COc1ccccc1)NNC(=O)COc1ccc(Cl)cc1. The van der Waals surface area contributed by atoms with E-state index in [1.54, 1.807) is 48.5 Å². The average Bonchev–Trinajstić information content (AvgIpc) is 2.58. The third-order valence-corrected chi connectivity index (χ3v) is 2.89. The Balaban J connectivity index is 1.63. The van der Waals surface area contributed by atoms with Crippen molar-refractivity contribution in [2.24, 2.45) is 0 Å². The van der Waals surface area contributed by atoms with E-state index in [-0.39, 0.29) is 13.2 Å². The van der Waals surface area contributed by atoms with Crippen molar-refractivity contribution >= 4 is 23.4 Å². The molecule has 0 spiro atoms. The van der Waals surface area contributed by atoms with Crippen LogP contribution in [0.3, 0.4) is 0 Å². The van der Waals surface area contributed by atoms with Crippen LogP contribution in [0, 0.1) is 0 Å². The molecule has 2 amide bonds. The molecule has 0 saturated heterocycles. The average molecular weight is 335 g/mol. The zero-order valence-electron chi connectivity index (χ0n) is 12.1. The molecule has 2 N–H and O–H groups in total. The van der Waals surface area contributed by atoms with Crippen LogP contribution in [0.25, 0.3) is 0 Å². The van der Waals surface area contributed by atoms with Crippen LogP contribution in [-0.2, 0) is 9.59 Å². The Kier molecular flexibility index (Phi) is 6.26. The number of hydrogen-bond acceptors (Lipinski definition) is 4. The van der Waals surface area contributed by atoms with Crippen LogP contribution in [-0.4, -0.2) is 25.0 Å². The van der Waals surface area contributed by atoms with Gasteiger partial charge in [-0.1, -0.05) is 29.8 Å². The largest absolute Gasteiger partial charge is 0.484 e. The van der Waals surface area contributed by atoms with E-state index in [4.69, 9.17) is 21.1 Å². The van der Waals surface area contributed by atoms with Crippen LogP contribution >= 0.6 is 11.6 Å². The second kappa shape index (κ2) is 8.65. The van der Waals surface area contributed by atoms with Gasteiger partial charge in [-0.3, -0.25) is 20.4 Å². The molecule has 2 aromatic carbocycles. The maximum Gasteiger partial charge on any atom is 0.276 e. The summed E-state index contributed by atoms with van der Waals surface area (Å²) in [4.78, 5) is 23.1. The Labute approximate surface area is 138 Å². The molecule has 7 heteroatoms. The number of carbonyl (C=O) groups excluding carboxylic acids is 2. The molecule has 0 aromatic heterocycles. The van der Waals surface area contributed by atoms with E-state index in [2.05, 4.69) is 10.9 Å². The van der Waals surface area contributed by atoms with Gasteiger partial charge in [0.15, 0.2) is 13.2 Å². The first-order valence-corrected chi connectivity index (χ1v) is 7.15. The number of rotatable bonds is 6. The smallest absolute Gasteiger partial charge is 0.276 e. The van der Waals surface area contributed by atoms with Gasteiger partial charge in [0, 0.05) is 5.02 Å². The maximum absolute atomic E-state index is 11.5. The van der Waals surface area contributed by atoms with Gasteiger partial charge in [-0.15, -0.1) is 0 Å². The minimum absolute atomic E-state index is 0.206. The fraction of sp³-hybridized carbons (Fsp3) is 0.125. The molecule has 0 radical (unpaired) electrons. The van der Waals surface area contributed by atoms with E-state index >= 15 is 0 Å². The molecule has 23 heavy (non-hydrogen) atoms. The fourth-order valence-electron chi connectivity index (χ4n) is 1.56. The van der Waals surface area contributed by atoms with Crippen molar-refractivity contribution in [1.82, 2.24) is 10.9 Å². The lowest BCUT2D eigenvalue weighted by atomic mass is 10.3. The number of amides is 2. The van der Waals surface area contributed by atoms with Crippen molar-refractivity contribution < 1.29 is 19.1 Å². The fourth-order valence-corrected chi connectivity index (χ4v) is 1.68. The van der Waals surface area contributed by atoms with E-state index in [1.165, 1.54) is 0 Å². The van der Waals surface area contributed by atoms with Crippen LogP contribution in [0.5, 0.6) is 11.5 Å². The van der Waals surface area contributed by atoms with Gasteiger partial charge in [0.2, 0.25) is 0 Å². The monoisotopic (exact) mass is 334 g/mol. The molecule has 0 heterocycles. The summed E-state index contributed by atoms with van der Waals surface area (Å²) >= 11 is 5.74. The van der Waals surface area contributed by atoms with Crippen molar-refractivity contribution in [2.75, 3.05) is 13.2 Å². The highest BCUT2D eigenvalue weighted by atomic mass is 35.5. The molecule has 0 bridgehead atoms. The quantitative estimate of drug-likeness (QED) is 0.792. The number of benzene rings is 2. The summed E-state index contributed by atoms with van der Waals surface area (Å²) in [5, 5.41) is 0.576. The molecule has 0 fully saturated rings. The van der Waals surface area contributed by atoms with Gasteiger partial charge in [-0.05, 0) is 36.4 Å². The molecule has 0 saturated carbocycles. The van der Waals surface area contributed by atoms with Gasteiger partial charge in [-0.2, -0.15) is 0 Å². The molecule has 120 valence electrons. The number of ether oxygens (including phenoxy) is 2. The zero-order chi connectivity index (χ0) is 16.5. The summed E-state index contributed by atoms with van der Waals surface area (Å²) in [5.41, 5.74) is 4.46. The number of para-hydroxylation sites is 1. The predicted octanol–water partition coefficient (Wildman–Crippen LogP) is 1.95. The predicted molar refractivity (Wildman–Crippen MR) is 85.2 cm³/mol. The zero-order valence-corrected chi connectivity index (χ0v) is 12.9. The highest BCUT2D eigenvalue weighted by Crippen LogP contribution is 2.15. The van der Waals surface area contributed by atoms with Gasteiger partial charge in [0.05, 0.1) is 0 Å². The van der Waals surface area contributed by atoms with Crippen molar-refractivity contribution in [3.05, 3.63) is 59.6 Å². The molecule has 0 unspecified atom stereocenters.